The summed E-state index contributed by atoms with van der Waals surface area (Å²) in [6, 6.07) is 13.2. The fourth-order valence-corrected chi connectivity index (χ4v) is 5.86. The van der Waals surface area contributed by atoms with E-state index in [4.69, 9.17) is 0 Å². The molecular formula is C29H36N4O3S. The number of aryl methyl sites for hydroxylation is 1. The van der Waals surface area contributed by atoms with Crippen LogP contribution in [0.1, 0.15) is 65.2 Å². The van der Waals surface area contributed by atoms with Crippen molar-refractivity contribution in [3.05, 3.63) is 88.5 Å². The zero-order valence-electron chi connectivity index (χ0n) is 22.1. The molecule has 7 nitrogen and oxygen atoms in total. The molecule has 1 atom stereocenters. The summed E-state index contributed by atoms with van der Waals surface area (Å²) < 4.78 is 24.0. The van der Waals surface area contributed by atoms with Gasteiger partial charge in [-0.1, -0.05) is 39.0 Å². The number of carbonyl (C=O) groups is 1. The number of aromatic nitrogens is 2. The van der Waals surface area contributed by atoms with Crippen molar-refractivity contribution in [2.45, 2.75) is 58.0 Å². The lowest BCUT2D eigenvalue weighted by atomic mass is 9.85. The van der Waals surface area contributed by atoms with Crippen molar-refractivity contribution >= 4 is 15.7 Å². The molecule has 1 aliphatic heterocycles. The molecule has 2 aromatic carbocycles. The first-order valence-electron chi connectivity index (χ1n) is 12.9. The molecule has 37 heavy (non-hydrogen) atoms. The number of nitrogens with one attached hydrogen (secondary N) is 1. The van der Waals surface area contributed by atoms with E-state index in [1.807, 2.05) is 43.6 Å². The second kappa shape index (κ2) is 11.5. The Balaban J connectivity index is 1.39. The first kappa shape index (κ1) is 26.9. The summed E-state index contributed by atoms with van der Waals surface area (Å²) in [5.41, 5.74) is 6.05. The Bertz CT molecular complexity index is 1340. The van der Waals surface area contributed by atoms with E-state index in [2.05, 4.69) is 40.1 Å². The van der Waals surface area contributed by atoms with Crippen LogP contribution >= 0.6 is 0 Å². The van der Waals surface area contributed by atoms with Crippen LogP contribution in [0.25, 0.3) is 0 Å². The predicted molar refractivity (Wildman–Crippen MR) is 145 cm³/mol. The van der Waals surface area contributed by atoms with Crippen molar-refractivity contribution in [1.82, 2.24) is 20.2 Å². The minimum Gasteiger partial charge on any atom is -0.352 e. The molecule has 1 N–H and O–H groups in total. The van der Waals surface area contributed by atoms with Crippen LogP contribution in [0.15, 0.2) is 59.8 Å². The highest BCUT2D eigenvalue weighted by molar-refractivity contribution is 7.91. The van der Waals surface area contributed by atoms with E-state index in [0.717, 1.165) is 36.5 Å². The molecule has 0 radical (unpaired) electrons. The van der Waals surface area contributed by atoms with Crippen molar-refractivity contribution in [2.24, 2.45) is 5.92 Å². The lowest BCUT2D eigenvalue weighted by Crippen LogP contribution is -2.38. The second-order valence-corrected chi connectivity index (χ2v) is 12.3. The average molecular weight is 521 g/mol. The van der Waals surface area contributed by atoms with Gasteiger partial charge in [-0.3, -0.25) is 19.7 Å². The third kappa shape index (κ3) is 6.43. The van der Waals surface area contributed by atoms with Crippen LogP contribution in [-0.2, 0) is 29.2 Å². The van der Waals surface area contributed by atoms with Crippen LogP contribution in [0.5, 0.6) is 0 Å². The first-order valence-corrected chi connectivity index (χ1v) is 14.6. The molecule has 3 aromatic rings. The van der Waals surface area contributed by atoms with Gasteiger partial charge in [0.25, 0.3) is 5.91 Å². The van der Waals surface area contributed by atoms with E-state index in [-0.39, 0.29) is 17.7 Å². The van der Waals surface area contributed by atoms with Gasteiger partial charge in [0.15, 0.2) is 9.84 Å². The Morgan fingerprint density at radius 2 is 1.86 bits per heavy atom. The Morgan fingerprint density at radius 3 is 2.51 bits per heavy atom. The van der Waals surface area contributed by atoms with E-state index < -0.39 is 9.84 Å². The third-order valence-corrected chi connectivity index (χ3v) is 8.73. The molecule has 1 aromatic heterocycles. The van der Waals surface area contributed by atoms with Gasteiger partial charge in [0.1, 0.15) is 0 Å². The van der Waals surface area contributed by atoms with Crippen molar-refractivity contribution in [2.75, 3.05) is 18.8 Å². The summed E-state index contributed by atoms with van der Waals surface area (Å²) in [7, 11) is -3.20. The number of hydrogen-bond acceptors (Lipinski definition) is 6. The topological polar surface area (TPSA) is 92.3 Å². The minimum atomic E-state index is -3.20. The Morgan fingerprint density at radius 1 is 1.11 bits per heavy atom. The lowest BCUT2D eigenvalue weighted by molar-refractivity contribution is 0.0953. The fraction of sp³-hybridized carbons (Fsp3) is 0.414. The molecular weight excluding hydrogens is 484 g/mol. The van der Waals surface area contributed by atoms with E-state index in [9.17, 15) is 13.2 Å². The molecule has 4 rings (SSSR count). The first-order chi connectivity index (χ1) is 17.7. The van der Waals surface area contributed by atoms with Crippen LogP contribution in [0, 0.1) is 12.8 Å². The monoisotopic (exact) mass is 520 g/mol. The normalized spacial score (nSPS) is 16.0. The summed E-state index contributed by atoms with van der Waals surface area (Å²) >= 11 is 0. The predicted octanol–water partition coefficient (Wildman–Crippen LogP) is 4.31. The molecule has 2 heterocycles. The van der Waals surface area contributed by atoms with E-state index >= 15 is 0 Å². The quantitative estimate of drug-likeness (QED) is 0.452. The standard InChI is InChI=1S/C29H36N4O3S/c1-5-37(35,36)26-9-6-22(7-10-26)12-14-30-29(34)24-8-11-27-23(16-24)13-15-33(28(27)20(2)3)19-25-18-31-21(4)17-32-25/h6-11,16-18,20,28H,5,12-15,19H2,1-4H3,(H,30,34). The summed E-state index contributed by atoms with van der Waals surface area (Å²) in [5, 5.41) is 3.01. The molecule has 0 fully saturated rings. The largest absolute Gasteiger partial charge is 0.352 e. The number of carbonyl (C=O) groups excluding carboxylic acids is 1. The molecule has 0 bridgehead atoms. The van der Waals surface area contributed by atoms with Gasteiger partial charge in [0.05, 0.1) is 22.0 Å². The number of rotatable bonds is 9. The summed E-state index contributed by atoms with van der Waals surface area (Å²) in [6.07, 6.45) is 5.19. The molecule has 1 unspecified atom stereocenters. The maximum atomic E-state index is 12.9. The zero-order chi connectivity index (χ0) is 26.6. The molecule has 196 valence electrons. The van der Waals surface area contributed by atoms with Crippen molar-refractivity contribution in [1.29, 1.82) is 0 Å². The number of benzene rings is 2. The van der Waals surface area contributed by atoms with Gasteiger partial charge in [0.2, 0.25) is 0 Å². The van der Waals surface area contributed by atoms with Gasteiger partial charge < -0.3 is 5.32 Å². The van der Waals surface area contributed by atoms with Gasteiger partial charge >= 0.3 is 0 Å². The van der Waals surface area contributed by atoms with Crippen LogP contribution in [-0.4, -0.2) is 48.0 Å². The second-order valence-electron chi connectivity index (χ2n) is 10.0. The van der Waals surface area contributed by atoms with Crippen LogP contribution in [0.4, 0.5) is 0 Å². The molecule has 0 saturated heterocycles. The summed E-state index contributed by atoms with van der Waals surface area (Å²) in [4.78, 5) is 24.6. The van der Waals surface area contributed by atoms with E-state index in [1.165, 1.54) is 11.1 Å². The number of fused-ring (bicyclic) bond motifs is 1. The van der Waals surface area contributed by atoms with Gasteiger partial charge in [-0.25, -0.2) is 8.42 Å². The SMILES string of the molecule is CCS(=O)(=O)c1ccc(CCNC(=O)c2ccc3c(c2)CCN(Cc2cnc(C)cn2)C3C(C)C)cc1. The molecule has 1 amide bonds. The van der Waals surface area contributed by atoms with Crippen LogP contribution in [0.2, 0.25) is 0 Å². The fourth-order valence-electron chi connectivity index (χ4n) is 4.97. The smallest absolute Gasteiger partial charge is 0.251 e. The Kier molecular flexibility index (Phi) is 8.39. The van der Waals surface area contributed by atoms with Gasteiger partial charge in [-0.05, 0) is 66.6 Å². The van der Waals surface area contributed by atoms with Gasteiger partial charge in [-0.2, -0.15) is 0 Å². The van der Waals surface area contributed by atoms with Gasteiger partial charge in [-0.15, -0.1) is 0 Å². The number of nitrogens with zero attached hydrogens (tertiary/aromatic N) is 3. The number of amides is 1. The lowest BCUT2D eigenvalue weighted by Gasteiger charge is -2.39. The van der Waals surface area contributed by atoms with Crippen molar-refractivity contribution in [3.8, 4) is 0 Å². The van der Waals surface area contributed by atoms with Crippen molar-refractivity contribution in [3.63, 3.8) is 0 Å². The maximum absolute atomic E-state index is 12.9. The zero-order valence-corrected chi connectivity index (χ0v) is 22.9. The highest BCUT2D eigenvalue weighted by Crippen LogP contribution is 2.36. The summed E-state index contributed by atoms with van der Waals surface area (Å²) in [6.45, 7) is 10.2. The maximum Gasteiger partial charge on any atom is 0.251 e. The van der Waals surface area contributed by atoms with Crippen molar-refractivity contribution < 1.29 is 13.2 Å². The van der Waals surface area contributed by atoms with Crippen LogP contribution in [0.3, 0.4) is 0 Å². The molecule has 0 saturated carbocycles. The average Bonchev–Trinajstić information content (AvgIpc) is 2.89. The van der Waals surface area contributed by atoms with Crippen LogP contribution < -0.4 is 5.32 Å². The third-order valence-electron chi connectivity index (χ3n) is 6.98. The molecule has 0 aliphatic carbocycles. The van der Waals surface area contributed by atoms with E-state index in [0.29, 0.717) is 29.3 Å². The molecule has 1 aliphatic rings. The van der Waals surface area contributed by atoms with E-state index in [1.54, 1.807) is 19.1 Å². The number of hydrogen-bond donors (Lipinski definition) is 1. The Labute approximate surface area is 220 Å². The highest BCUT2D eigenvalue weighted by atomic mass is 32.2. The highest BCUT2D eigenvalue weighted by Gasteiger charge is 2.30. The summed E-state index contributed by atoms with van der Waals surface area (Å²) in [5.74, 6) is 0.405. The van der Waals surface area contributed by atoms with Gasteiger partial charge in [0, 0.05) is 43.6 Å². The molecule has 0 spiro atoms. The Hall–Kier alpha value is -3.10. The minimum absolute atomic E-state index is 0.0839. The molecule has 8 heteroatoms. The number of sulfone groups is 1.